The van der Waals surface area contributed by atoms with Gasteiger partial charge in [0, 0.05) is 31.0 Å². The van der Waals surface area contributed by atoms with Crippen molar-refractivity contribution < 1.29 is 4.79 Å². The first kappa shape index (κ1) is 18.4. The van der Waals surface area contributed by atoms with Gasteiger partial charge in [-0.1, -0.05) is 45.4 Å². The van der Waals surface area contributed by atoms with Crippen molar-refractivity contribution in [2.24, 2.45) is 0 Å². The predicted molar refractivity (Wildman–Crippen MR) is 115 cm³/mol. The van der Waals surface area contributed by atoms with Crippen molar-refractivity contribution >= 4 is 50.6 Å². The van der Waals surface area contributed by atoms with Crippen LogP contribution in [0.1, 0.15) is 21.6 Å². The van der Waals surface area contributed by atoms with Crippen LogP contribution in [-0.4, -0.2) is 10.2 Å². The van der Waals surface area contributed by atoms with E-state index in [1.54, 1.807) is 11.8 Å². The largest absolute Gasteiger partial charge is 0.312 e. The zero-order valence-electron chi connectivity index (χ0n) is 14.4. The topological polar surface area (TPSA) is 21.5 Å². The first-order valence-electron chi connectivity index (χ1n) is 8.38. The second-order valence-electron chi connectivity index (χ2n) is 6.15. The summed E-state index contributed by atoms with van der Waals surface area (Å²) in [4.78, 5) is 15.4. The Balaban J connectivity index is 1.84. The zero-order valence-corrected chi connectivity index (χ0v) is 17.6. The fourth-order valence-electron chi connectivity index (χ4n) is 3.07. The SMILES string of the molecule is Cc1c(Sc2ccc(Cl)cc2)c2ccccn2c1C(=O)c1ccc(Br)cc1. The number of pyridine rings is 1. The molecular weight excluding hydrogens is 442 g/mol. The Kier molecular flexibility index (Phi) is 5.13. The van der Waals surface area contributed by atoms with E-state index < -0.39 is 0 Å². The van der Waals surface area contributed by atoms with Crippen LogP contribution in [0.25, 0.3) is 5.52 Å². The predicted octanol–water partition coefficient (Wildman–Crippen LogP) is 7.05. The Morgan fingerprint density at radius 2 is 1.70 bits per heavy atom. The lowest BCUT2D eigenvalue weighted by Crippen LogP contribution is -2.06. The molecule has 0 saturated carbocycles. The van der Waals surface area contributed by atoms with E-state index in [1.165, 1.54) is 0 Å². The van der Waals surface area contributed by atoms with Crippen LogP contribution in [-0.2, 0) is 0 Å². The van der Waals surface area contributed by atoms with Gasteiger partial charge in [0.1, 0.15) is 0 Å². The van der Waals surface area contributed by atoms with E-state index in [0.29, 0.717) is 16.3 Å². The fraction of sp³-hybridized carbons (Fsp3) is 0.0455. The second-order valence-corrected chi connectivity index (χ2v) is 8.59. The van der Waals surface area contributed by atoms with Crippen LogP contribution in [0.15, 0.2) is 87.2 Å². The van der Waals surface area contributed by atoms with Crippen LogP contribution < -0.4 is 0 Å². The minimum atomic E-state index is 0.0177. The Bertz CT molecular complexity index is 1130. The lowest BCUT2D eigenvalue weighted by molar-refractivity contribution is 0.103. The minimum absolute atomic E-state index is 0.0177. The molecule has 0 aliphatic carbocycles. The first-order valence-corrected chi connectivity index (χ1v) is 10.4. The number of halogens is 2. The van der Waals surface area contributed by atoms with Crippen molar-refractivity contribution in [3.05, 3.63) is 99.2 Å². The van der Waals surface area contributed by atoms with Crippen molar-refractivity contribution in [2.75, 3.05) is 0 Å². The highest BCUT2D eigenvalue weighted by molar-refractivity contribution is 9.10. The molecule has 2 aromatic carbocycles. The molecule has 27 heavy (non-hydrogen) atoms. The molecule has 2 heterocycles. The van der Waals surface area contributed by atoms with Crippen molar-refractivity contribution in [2.45, 2.75) is 16.7 Å². The van der Waals surface area contributed by atoms with E-state index in [4.69, 9.17) is 11.6 Å². The summed E-state index contributed by atoms with van der Waals surface area (Å²) in [5.74, 6) is 0.0177. The van der Waals surface area contributed by atoms with E-state index in [2.05, 4.69) is 15.9 Å². The summed E-state index contributed by atoms with van der Waals surface area (Å²) in [5.41, 5.74) is 3.38. The molecule has 2 nitrogen and oxygen atoms in total. The maximum atomic E-state index is 13.2. The summed E-state index contributed by atoms with van der Waals surface area (Å²) in [6.45, 7) is 2.01. The van der Waals surface area contributed by atoms with E-state index >= 15 is 0 Å². The lowest BCUT2D eigenvalue weighted by atomic mass is 10.1. The standard InChI is InChI=1S/C22H15BrClNOS/c1-14-20(21(26)15-5-7-16(23)8-6-15)25-13-3-2-4-19(25)22(14)27-18-11-9-17(24)10-12-18/h2-13H,1H3. The molecule has 5 heteroatoms. The third kappa shape index (κ3) is 3.57. The third-order valence-corrected chi connectivity index (χ3v) is 6.39. The fourth-order valence-corrected chi connectivity index (χ4v) is 4.49. The molecular formula is C22H15BrClNOS. The Morgan fingerprint density at radius 3 is 2.41 bits per heavy atom. The molecule has 0 N–H and O–H groups in total. The van der Waals surface area contributed by atoms with Crippen LogP contribution in [0.4, 0.5) is 0 Å². The summed E-state index contributed by atoms with van der Waals surface area (Å²) >= 11 is 11.1. The second kappa shape index (κ2) is 7.55. The highest BCUT2D eigenvalue weighted by atomic mass is 79.9. The van der Waals surface area contributed by atoms with Gasteiger partial charge < -0.3 is 4.40 Å². The molecule has 0 atom stereocenters. The molecule has 0 spiro atoms. The monoisotopic (exact) mass is 455 g/mol. The van der Waals surface area contributed by atoms with Crippen molar-refractivity contribution in [1.29, 1.82) is 0 Å². The molecule has 4 rings (SSSR count). The molecule has 0 unspecified atom stereocenters. The van der Waals surface area contributed by atoms with Crippen LogP contribution in [0.3, 0.4) is 0 Å². The highest BCUT2D eigenvalue weighted by Crippen LogP contribution is 2.38. The van der Waals surface area contributed by atoms with Gasteiger partial charge in [0.25, 0.3) is 0 Å². The van der Waals surface area contributed by atoms with Crippen LogP contribution in [0.2, 0.25) is 5.02 Å². The summed E-state index contributed by atoms with van der Waals surface area (Å²) in [7, 11) is 0. The number of carbonyl (C=O) groups is 1. The van der Waals surface area contributed by atoms with Gasteiger partial charge in [0.05, 0.1) is 11.2 Å². The molecule has 0 fully saturated rings. The summed E-state index contributed by atoms with van der Waals surface area (Å²) in [6.07, 6.45) is 1.94. The van der Waals surface area contributed by atoms with E-state index in [9.17, 15) is 4.79 Å². The number of fused-ring (bicyclic) bond motifs is 1. The molecule has 0 bridgehead atoms. The van der Waals surface area contributed by atoms with Gasteiger partial charge in [-0.2, -0.15) is 0 Å². The van der Waals surface area contributed by atoms with E-state index in [1.807, 2.05) is 84.3 Å². The Morgan fingerprint density at radius 1 is 1.00 bits per heavy atom. The number of benzene rings is 2. The summed E-state index contributed by atoms with van der Waals surface area (Å²) < 4.78 is 2.94. The average Bonchev–Trinajstić information content (AvgIpc) is 2.95. The van der Waals surface area contributed by atoms with Crippen LogP contribution in [0, 0.1) is 6.92 Å². The van der Waals surface area contributed by atoms with Crippen LogP contribution in [0.5, 0.6) is 0 Å². The smallest absolute Gasteiger partial charge is 0.210 e. The molecule has 134 valence electrons. The molecule has 0 aliphatic rings. The number of ketones is 1. The number of carbonyl (C=O) groups excluding carboxylic acids is 1. The van der Waals surface area contributed by atoms with Gasteiger partial charge >= 0.3 is 0 Å². The van der Waals surface area contributed by atoms with Gasteiger partial charge in [0.2, 0.25) is 5.78 Å². The zero-order chi connectivity index (χ0) is 19.0. The highest BCUT2D eigenvalue weighted by Gasteiger charge is 2.22. The van der Waals surface area contributed by atoms with Gasteiger partial charge in [-0.25, -0.2) is 0 Å². The third-order valence-electron chi connectivity index (χ3n) is 4.38. The molecule has 0 radical (unpaired) electrons. The molecule has 0 aliphatic heterocycles. The normalized spacial score (nSPS) is 11.1. The lowest BCUT2D eigenvalue weighted by Gasteiger charge is -2.04. The van der Waals surface area contributed by atoms with Gasteiger partial charge in [0.15, 0.2) is 0 Å². The molecule has 0 saturated heterocycles. The molecule has 2 aromatic heterocycles. The van der Waals surface area contributed by atoms with Gasteiger partial charge in [-0.05, 0) is 73.2 Å². The maximum absolute atomic E-state index is 13.2. The van der Waals surface area contributed by atoms with Crippen LogP contribution >= 0.6 is 39.3 Å². The first-order chi connectivity index (χ1) is 13.0. The Hall–Kier alpha value is -2.01. The Labute approximate surface area is 175 Å². The number of aromatic nitrogens is 1. The number of hydrogen-bond acceptors (Lipinski definition) is 2. The van der Waals surface area contributed by atoms with E-state index in [-0.39, 0.29) is 5.78 Å². The average molecular weight is 457 g/mol. The quantitative estimate of drug-likeness (QED) is 0.307. The van der Waals surface area contributed by atoms with Gasteiger partial charge in [-0.15, -0.1) is 0 Å². The maximum Gasteiger partial charge on any atom is 0.210 e. The molecule has 4 aromatic rings. The van der Waals surface area contributed by atoms with Crippen molar-refractivity contribution in [1.82, 2.24) is 4.40 Å². The minimum Gasteiger partial charge on any atom is -0.312 e. The molecule has 0 amide bonds. The van der Waals surface area contributed by atoms with Gasteiger partial charge in [-0.3, -0.25) is 4.79 Å². The number of hydrogen-bond donors (Lipinski definition) is 0. The number of nitrogens with zero attached hydrogens (tertiary/aromatic N) is 1. The number of rotatable bonds is 4. The van der Waals surface area contributed by atoms with Crippen molar-refractivity contribution in [3.8, 4) is 0 Å². The summed E-state index contributed by atoms with van der Waals surface area (Å²) in [5, 5.41) is 0.712. The summed E-state index contributed by atoms with van der Waals surface area (Å²) in [6, 6.07) is 21.2. The van der Waals surface area contributed by atoms with E-state index in [0.717, 1.165) is 25.3 Å². The van der Waals surface area contributed by atoms with Crippen molar-refractivity contribution in [3.63, 3.8) is 0 Å².